The van der Waals surface area contributed by atoms with Crippen LogP contribution in [0.1, 0.15) is 47.9 Å². The maximum absolute atomic E-state index is 14.0. The Morgan fingerprint density at radius 2 is 2.11 bits per heavy atom. The number of aryl methyl sites for hydroxylation is 1. The van der Waals surface area contributed by atoms with Gasteiger partial charge in [0.2, 0.25) is 5.91 Å². The SMILES string of the molecule is Cc1ccc(C#N)c(NC(=O)C2C[C@@]3(O)[C@H]4Cc5ccc(O)c6c5[C@@]3(CCN4CC3CC3)[C@@H](O6)C2=O)c1. The zero-order chi connectivity index (χ0) is 25.7. The first kappa shape index (κ1) is 22.8. The zero-order valence-corrected chi connectivity index (χ0v) is 20.7. The number of nitrogens with zero attached hydrogens (tertiary/aromatic N) is 2. The molecule has 3 N–H and O–H groups in total. The van der Waals surface area contributed by atoms with Crippen molar-refractivity contribution in [1.29, 1.82) is 5.26 Å². The van der Waals surface area contributed by atoms with Crippen molar-refractivity contribution in [1.82, 2.24) is 4.90 Å². The van der Waals surface area contributed by atoms with E-state index < -0.39 is 28.9 Å². The second-order valence-electron chi connectivity index (χ2n) is 11.6. The molecule has 2 bridgehead atoms. The van der Waals surface area contributed by atoms with E-state index in [1.807, 2.05) is 13.0 Å². The lowest BCUT2D eigenvalue weighted by Crippen LogP contribution is -2.78. The van der Waals surface area contributed by atoms with Gasteiger partial charge in [-0.2, -0.15) is 5.26 Å². The Kier molecular flexibility index (Phi) is 4.65. The number of phenols is 1. The second kappa shape index (κ2) is 7.56. The van der Waals surface area contributed by atoms with Crippen molar-refractivity contribution in [2.24, 2.45) is 11.8 Å². The number of ketones is 1. The largest absolute Gasteiger partial charge is 0.504 e. The molecule has 8 nitrogen and oxygen atoms in total. The smallest absolute Gasteiger partial charge is 0.235 e. The van der Waals surface area contributed by atoms with Crippen molar-refractivity contribution in [3.8, 4) is 17.6 Å². The molecule has 3 fully saturated rings. The number of aromatic hydroxyl groups is 1. The highest BCUT2D eigenvalue weighted by Crippen LogP contribution is 2.65. The van der Waals surface area contributed by atoms with E-state index >= 15 is 0 Å². The van der Waals surface area contributed by atoms with E-state index in [2.05, 4.69) is 16.3 Å². The molecule has 1 amide bonds. The lowest BCUT2D eigenvalue weighted by Gasteiger charge is -2.63. The number of aliphatic hydroxyl groups is 1. The third-order valence-corrected chi connectivity index (χ3v) is 9.50. The fourth-order valence-electron chi connectivity index (χ4n) is 7.60. The molecule has 0 radical (unpaired) electrons. The summed E-state index contributed by atoms with van der Waals surface area (Å²) in [6.07, 6.45) is 2.40. The molecule has 2 saturated carbocycles. The van der Waals surface area contributed by atoms with Crippen LogP contribution in [0, 0.1) is 30.1 Å². The van der Waals surface area contributed by atoms with E-state index in [9.17, 15) is 25.1 Å². The minimum absolute atomic E-state index is 0.0222. The molecule has 2 aromatic rings. The lowest BCUT2D eigenvalue weighted by molar-refractivity contribution is -0.197. The van der Waals surface area contributed by atoms with Crippen LogP contribution < -0.4 is 10.1 Å². The maximum atomic E-state index is 14.0. The summed E-state index contributed by atoms with van der Waals surface area (Å²) in [6.45, 7) is 3.49. The normalized spacial score (nSPS) is 33.3. The summed E-state index contributed by atoms with van der Waals surface area (Å²) in [5.74, 6) is -1.22. The van der Waals surface area contributed by atoms with Gasteiger partial charge in [-0.3, -0.25) is 14.5 Å². The van der Waals surface area contributed by atoms with Gasteiger partial charge in [0.1, 0.15) is 12.0 Å². The van der Waals surface area contributed by atoms with Gasteiger partial charge in [0.05, 0.1) is 22.3 Å². The van der Waals surface area contributed by atoms with Gasteiger partial charge in [-0.1, -0.05) is 12.1 Å². The van der Waals surface area contributed by atoms with Crippen LogP contribution in [0.5, 0.6) is 11.5 Å². The number of benzene rings is 2. The minimum Gasteiger partial charge on any atom is -0.504 e. The van der Waals surface area contributed by atoms with Crippen LogP contribution in [0.2, 0.25) is 0 Å². The molecule has 7 rings (SSSR count). The highest BCUT2D eigenvalue weighted by atomic mass is 16.5. The highest BCUT2D eigenvalue weighted by molar-refractivity contribution is 6.11. The number of carbonyl (C=O) groups excluding carboxylic acids is 2. The number of hydrogen-bond acceptors (Lipinski definition) is 7. The molecule has 1 spiro atoms. The fourth-order valence-corrected chi connectivity index (χ4v) is 7.60. The van der Waals surface area contributed by atoms with Crippen LogP contribution >= 0.6 is 0 Å². The first-order chi connectivity index (χ1) is 17.8. The summed E-state index contributed by atoms with van der Waals surface area (Å²) < 4.78 is 6.20. The Bertz CT molecular complexity index is 1410. The van der Waals surface area contributed by atoms with Gasteiger partial charge in [-0.05, 0) is 80.8 Å². The Balaban J connectivity index is 1.32. The van der Waals surface area contributed by atoms with E-state index in [0.29, 0.717) is 30.0 Å². The molecule has 1 saturated heterocycles. The van der Waals surface area contributed by atoms with Crippen LogP contribution in [0.3, 0.4) is 0 Å². The van der Waals surface area contributed by atoms with E-state index in [0.717, 1.165) is 29.8 Å². The number of nitriles is 1. The maximum Gasteiger partial charge on any atom is 0.235 e. The quantitative estimate of drug-likeness (QED) is 0.553. The van der Waals surface area contributed by atoms with Crippen molar-refractivity contribution in [3.63, 3.8) is 0 Å². The van der Waals surface area contributed by atoms with Gasteiger partial charge in [-0.25, -0.2) is 0 Å². The molecule has 190 valence electrons. The first-order valence-corrected chi connectivity index (χ1v) is 13.1. The number of nitrogens with one attached hydrogen (secondary N) is 1. The standard InChI is InChI=1S/C29H29N3O5/c1-15-2-5-18(13-30)20(10-15)31-27(35)19-12-29(36)22-11-17-6-7-21(33)25-23(17)28(29,26(37-25)24(19)34)8-9-32(22)14-16-3-4-16/h2,5-7,10,16,19,22,26,33,36H,3-4,8-9,11-12,14H2,1H3,(H,31,35)/t19?,22-,26+,28+,29-/m1/s1. The number of phenolic OH excluding ortho intramolecular Hbond substituents is 1. The number of piperidine rings is 1. The molecule has 8 heteroatoms. The molecule has 5 aliphatic rings. The number of rotatable bonds is 4. The van der Waals surface area contributed by atoms with Crippen molar-refractivity contribution < 1.29 is 24.5 Å². The average Bonchev–Trinajstić information content (AvgIpc) is 3.61. The summed E-state index contributed by atoms with van der Waals surface area (Å²) >= 11 is 0. The zero-order valence-electron chi connectivity index (χ0n) is 20.7. The topological polar surface area (TPSA) is 123 Å². The number of amides is 1. The molecule has 0 aromatic heterocycles. The summed E-state index contributed by atoms with van der Waals surface area (Å²) in [4.78, 5) is 29.9. The predicted octanol–water partition coefficient (Wildman–Crippen LogP) is 2.57. The monoisotopic (exact) mass is 499 g/mol. The summed E-state index contributed by atoms with van der Waals surface area (Å²) in [5, 5.41) is 35.7. The molecule has 37 heavy (non-hydrogen) atoms. The molecule has 5 atom stereocenters. The number of anilines is 1. The van der Waals surface area contributed by atoms with Crippen molar-refractivity contribution in [3.05, 3.63) is 52.6 Å². The van der Waals surface area contributed by atoms with Crippen LogP contribution in [-0.2, 0) is 21.4 Å². The Labute approximate surface area is 214 Å². The van der Waals surface area contributed by atoms with E-state index in [4.69, 9.17) is 4.74 Å². The molecule has 2 aromatic carbocycles. The highest BCUT2D eigenvalue weighted by Gasteiger charge is 2.75. The predicted molar refractivity (Wildman–Crippen MR) is 133 cm³/mol. The summed E-state index contributed by atoms with van der Waals surface area (Å²) in [5.41, 5.74) is 0.909. The number of hydrogen-bond donors (Lipinski definition) is 3. The molecule has 1 unspecified atom stereocenters. The van der Waals surface area contributed by atoms with E-state index in [-0.39, 0.29) is 29.7 Å². The molecule has 2 heterocycles. The van der Waals surface area contributed by atoms with Gasteiger partial charge in [-0.15, -0.1) is 0 Å². The van der Waals surface area contributed by atoms with Gasteiger partial charge >= 0.3 is 0 Å². The van der Waals surface area contributed by atoms with Crippen molar-refractivity contribution >= 4 is 17.4 Å². The Morgan fingerprint density at radius 3 is 2.86 bits per heavy atom. The van der Waals surface area contributed by atoms with E-state index in [1.54, 1.807) is 24.3 Å². The van der Waals surface area contributed by atoms with Crippen LogP contribution in [0.25, 0.3) is 0 Å². The third kappa shape index (κ3) is 2.95. The van der Waals surface area contributed by atoms with E-state index in [1.165, 1.54) is 12.8 Å². The average molecular weight is 500 g/mol. The van der Waals surface area contributed by atoms with Crippen LogP contribution in [-0.4, -0.2) is 57.6 Å². The Morgan fingerprint density at radius 1 is 1.30 bits per heavy atom. The second-order valence-corrected chi connectivity index (χ2v) is 11.6. The van der Waals surface area contributed by atoms with Crippen molar-refractivity contribution in [2.75, 3.05) is 18.4 Å². The van der Waals surface area contributed by atoms with Gasteiger partial charge < -0.3 is 20.3 Å². The number of ether oxygens (including phenoxy) is 1. The number of likely N-dealkylation sites (tertiary alicyclic amines) is 1. The Hall–Kier alpha value is -3.41. The summed E-state index contributed by atoms with van der Waals surface area (Å²) in [7, 11) is 0. The molecular weight excluding hydrogens is 470 g/mol. The number of Topliss-reactive ketones (excluding diaryl/α,β-unsaturated/α-hetero) is 1. The molecule has 2 aliphatic heterocycles. The van der Waals surface area contributed by atoms with Gasteiger partial charge in [0.25, 0.3) is 0 Å². The minimum atomic E-state index is -1.38. The number of carbonyl (C=O) groups is 2. The van der Waals surface area contributed by atoms with Crippen LogP contribution in [0.15, 0.2) is 30.3 Å². The fraction of sp³-hybridized carbons (Fsp3) is 0.483. The van der Waals surface area contributed by atoms with Crippen molar-refractivity contribution in [2.45, 2.75) is 62.2 Å². The molecular formula is C29H29N3O5. The van der Waals surface area contributed by atoms with Crippen LogP contribution in [0.4, 0.5) is 5.69 Å². The lowest BCUT2D eigenvalue weighted by atomic mass is 9.47. The first-order valence-electron chi connectivity index (χ1n) is 13.1. The summed E-state index contributed by atoms with van der Waals surface area (Å²) in [6, 6.07) is 10.5. The van der Waals surface area contributed by atoms with Gasteiger partial charge in [0, 0.05) is 18.2 Å². The van der Waals surface area contributed by atoms with Gasteiger partial charge in [0.15, 0.2) is 23.4 Å². The molecule has 3 aliphatic carbocycles. The third-order valence-electron chi connectivity index (χ3n) is 9.50.